The maximum Gasteiger partial charge on any atom is 0.252 e. The lowest BCUT2D eigenvalue weighted by atomic mass is 9.88. The maximum atomic E-state index is 11.8. The van der Waals surface area contributed by atoms with E-state index in [2.05, 4.69) is 42.0 Å². The van der Waals surface area contributed by atoms with Crippen molar-refractivity contribution in [2.45, 2.75) is 33.7 Å². The maximum absolute atomic E-state index is 11.8. The zero-order valence-corrected chi connectivity index (χ0v) is 11.8. The molecule has 0 saturated carbocycles. The number of hydrogen-bond donors (Lipinski definition) is 1. The third-order valence-electron chi connectivity index (χ3n) is 2.48. The summed E-state index contributed by atoms with van der Waals surface area (Å²) >= 11 is 4.87. The zero-order valence-electron chi connectivity index (χ0n) is 9.43. The van der Waals surface area contributed by atoms with Gasteiger partial charge in [-0.25, -0.2) is 0 Å². The molecule has 1 aromatic heterocycles. The molecule has 0 aliphatic carbocycles. The number of amides is 1. The second-order valence-corrected chi connectivity index (χ2v) is 6.99. The highest BCUT2D eigenvalue weighted by molar-refractivity contribution is 9.11. The van der Waals surface area contributed by atoms with Gasteiger partial charge in [-0.2, -0.15) is 0 Å². The molecule has 0 aliphatic rings. The molecule has 15 heavy (non-hydrogen) atoms. The molecule has 0 radical (unpaired) electrons. The first-order valence-electron chi connectivity index (χ1n) is 4.85. The van der Waals surface area contributed by atoms with Gasteiger partial charge in [0, 0.05) is 11.4 Å². The summed E-state index contributed by atoms with van der Waals surface area (Å²) in [7, 11) is 0. The van der Waals surface area contributed by atoms with Crippen molar-refractivity contribution in [3.8, 4) is 0 Å². The third-order valence-corrected chi connectivity index (χ3v) is 3.98. The lowest BCUT2D eigenvalue weighted by Crippen LogP contribution is -2.41. The fraction of sp³-hybridized carbons (Fsp3) is 0.545. The first kappa shape index (κ1) is 12.7. The number of halogens is 1. The van der Waals surface area contributed by atoms with E-state index < -0.39 is 0 Å². The molecule has 0 saturated heterocycles. The Kier molecular flexibility index (Phi) is 3.95. The summed E-state index contributed by atoms with van der Waals surface area (Å²) in [6, 6.07) is 2.00. The molecule has 1 aromatic rings. The quantitative estimate of drug-likeness (QED) is 0.884. The van der Waals surface area contributed by atoms with Crippen molar-refractivity contribution in [2.75, 3.05) is 0 Å². The highest BCUT2D eigenvalue weighted by Gasteiger charge is 2.22. The van der Waals surface area contributed by atoms with Gasteiger partial charge >= 0.3 is 0 Å². The van der Waals surface area contributed by atoms with E-state index in [0.29, 0.717) is 0 Å². The summed E-state index contributed by atoms with van der Waals surface area (Å²) < 4.78 is 0.982. The molecule has 0 bridgehead atoms. The minimum atomic E-state index is -0.000579. The minimum absolute atomic E-state index is 0.000579. The third kappa shape index (κ3) is 3.61. The SMILES string of the molecule is CC(NC(=O)c1csc(Br)c1)C(C)(C)C. The molecule has 1 heterocycles. The van der Waals surface area contributed by atoms with Gasteiger partial charge in [0.2, 0.25) is 0 Å². The van der Waals surface area contributed by atoms with E-state index in [1.54, 1.807) is 0 Å². The average Bonchev–Trinajstić information content (AvgIpc) is 2.50. The Balaban J connectivity index is 2.64. The summed E-state index contributed by atoms with van der Waals surface area (Å²) in [5, 5.41) is 4.85. The lowest BCUT2D eigenvalue weighted by molar-refractivity contribution is 0.0910. The van der Waals surface area contributed by atoms with Crippen LogP contribution in [0.3, 0.4) is 0 Å². The van der Waals surface area contributed by atoms with Crippen LogP contribution < -0.4 is 5.32 Å². The van der Waals surface area contributed by atoms with Gasteiger partial charge < -0.3 is 5.32 Å². The average molecular weight is 290 g/mol. The fourth-order valence-corrected chi connectivity index (χ4v) is 2.06. The van der Waals surface area contributed by atoms with Crippen LogP contribution in [0.2, 0.25) is 0 Å². The Bertz CT molecular complexity index is 354. The van der Waals surface area contributed by atoms with Crippen LogP contribution in [0, 0.1) is 5.41 Å². The summed E-state index contributed by atoms with van der Waals surface area (Å²) in [6.45, 7) is 8.36. The minimum Gasteiger partial charge on any atom is -0.349 e. The monoisotopic (exact) mass is 289 g/mol. The number of carbonyl (C=O) groups excluding carboxylic acids is 1. The van der Waals surface area contributed by atoms with Crippen LogP contribution in [-0.4, -0.2) is 11.9 Å². The molecule has 1 unspecified atom stereocenters. The fourth-order valence-electron chi connectivity index (χ4n) is 0.926. The van der Waals surface area contributed by atoms with E-state index in [0.717, 1.165) is 9.35 Å². The van der Waals surface area contributed by atoms with Gasteiger partial charge in [0.15, 0.2) is 0 Å². The van der Waals surface area contributed by atoms with Crippen LogP contribution in [0.4, 0.5) is 0 Å². The summed E-state index contributed by atoms with van der Waals surface area (Å²) in [5.41, 5.74) is 0.811. The Morgan fingerprint density at radius 2 is 2.13 bits per heavy atom. The highest BCUT2D eigenvalue weighted by atomic mass is 79.9. The van der Waals surface area contributed by atoms with E-state index in [1.807, 2.05) is 18.4 Å². The van der Waals surface area contributed by atoms with Crippen molar-refractivity contribution in [3.63, 3.8) is 0 Å². The van der Waals surface area contributed by atoms with E-state index in [1.165, 1.54) is 11.3 Å². The second-order valence-electron chi connectivity index (χ2n) is 4.70. The van der Waals surface area contributed by atoms with Crippen LogP contribution in [0.5, 0.6) is 0 Å². The van der Waals surface area contributed by atoms with Crippen molar-refractivity contribution >= 4 is 33.2 Å². The summed E-state index contributed by atoms with van der Waals surface area (Å²) in [5.74, 6) is -0.000579. The molecular weight excluding hydrogens is 274 g/mol. The number of carbonyl (C=O) groups is 1. The lowest BCUT2D eigenvalue weighted by Gasteiger charge is -2.27. The molecule has 0 aliphatic heterocycles. The van der Waals surface area contributed by atoms with Crippen LogP contribution in [0.25, 0.3) is 0 Å². The Morgan fingerprint density at radius 1 is 1.53 bits per heavy atom. The molecule has 0 aromatic carbocycles. The molecule has 1 rings (SSSR count). The van der Waals surface area contributed by atoms with Gasteiger partial charge in [-0.1, -0.05) is 20.8 Å². The molecule has 0 fully saturated rings. The van der Waals surface area contributed by atoms with Gasteiger partial charge in [0.05, 0.1) is 9.35 Å². The van der Waals surface area contributed by atoms with Crippen LogP contribution >= 0.6 is 27.3 Å². The van der Waals surface area contributed by atoms with Crippen LogP contribution in [0.1, 0.15) is 38.1 Å². The van der Waals surface area contributed by atoms with Crippen molar-refractivity contribution < 1.29 is 4.79 Å². The van der Waals surface area contributed by atoms with Crippen molar-refractivity contribution in [2.24, 2.45) is 5.41 Å². The molecule has 1 atom stereocenters. The predicted molar refractivity (Wildman–Crippen MR) is 68.4 cm³/mol. The molecule has 4 heteroatoms. The van der Waals surface area contributed by atoms with E-state index >= 15 is 0 Å². The van der Waals surface area contributed by atoms with Gasteiger partial charge in [-0.3, -0.25) is 4.79 Å². The smallest absolute Gasteiger partial charge is 0.252 e. The predicted octanol–water partition coefficient (Wildman–Crippen LogP) is 3.68. The molecule has 1 amide bonds. The van der Waals surface area contributed by atoms with Crippen LogP contribution in [0.15, 0.2) is 15.2 Å². The highest BCUT2D eigenvalue weighted by Crippen LogP contribution is 2.22. The first-order valence-corrected chi connectivity index (χ1v) is 6.53. The van der Waals surface area contributed by atoms with E-state index in [-0.39, 0.29) is 17.4 Å². The van der Waals surface area contributed by atoms with Gasteiger partial charge in [0.1, 0.15) is 0 Å². The van der Waals surface area contributed by atoms with Crippen LogP contribution in [-0.2, 0) is 0 Å². The molecular formula is C11H16BrNOS. The number of hydrogen-bond acceptors (Lipinski definition) is 2. The summed E-state index contributed by atoms with van der Waals surface area (Å²) in [4.78, 5) is 11.8. The van der Waals surface area contributed by atoms with E-state index in [4.69, 9.17) is 0 Å². The van der Waals surface area contributed by atoms with Crippen molar-refractivity contribution in [1.82, 2.24) is 5.32 Å². The Morgan fingerprint density at radius 3 is 2.53 bits per heavy atom. The Hall–Kier alpha value is -0.350. The second kappa shape index (κ2) is 4.66. The summed E-state index contributed by atoms with van der Waals surface area (Å²) in [6.07, 6.45) is 0. The number of rotatable bonds is 2. The van der Waals surface area contributed by atoms with Gasteiger partial charge in [-0.05, 0) is 34.3 Å². The largest absolute Gasteiger partial charge is 0.349 e. The molecule has 84 valence electrons. The topological polar surface area (TPSA) is 29.1 Å². The zero-order chi connectivity index (χ0) is 11.6. The van der Waals surface area contributed by atoms with Crippen molar-refractivity contribution in [1.29, 1.82) is 0 Å². The standard InChI is InChI=1S/C11H16BrNOS/c1-7(11(2,3)4)13-10(14)8-5-9(12)15-6-8/h5-7H,1-4H3,(H,13,14). The van der Waals surface area contributed by atoms with E-state index in [9.17, 15) is 4.79 Å². The Labute approximate surface area is 103 Å². The first-order chi connectivity index (χ1) is 6.80. The number of nitrogens with one attached hydrogen (secondary N) is 1. The molecule has 0 spiro atoms. The molecule has 1 N–H and O–H groups in total. The molecule has 2 nitrogen and oxygen atoms in total. The van der Waals surface area contributed by atoms with Gasteiger partial charge in [-0.15, -0.1) is 11.3 Å². The van der Waals surface area contributed by atoms with Crippen molar-refractivity contribution in [3.05, 3.63) is 20.8 Å². The number of thiophene rings is 1. The van der Waals surface area contributed by atoms with Gasteiger partial charge in [0.25, 0.3) is 5.91 Å². The normalized spacial score (nSPS) is 13.7.